The van der Waals surface area contributed by atoms with Crippen LogP contribution in [0.3, 0.4) is 0 Å². The van der Waals surface area contributed by atoms with E-state index >= 15 is 0 Å². The van der Waals surface area contributed by atoms with Crippen molar-refractivity contribution in [2.24, 2.45) is 0 Å². The van der Waals surface area contributed by atoms with Crippen molar-refractivity contribution in [2.45, 2.75) is 26.7 Å². The molecule has 4 heteroatoms. The number of rotatable bonds is 0. The number of benzene rings is 4. The van der Waals surface area contributed by atoms with Crippen molar-refractivity contribution in [3.05, 3.63) is 133 Å². The minimum atomic E-state index is 0. The maximum absolute atomic E-state index is 3.27. The summed E-state index contributed by atoms with van der Waals surface area (Å²) < 4.78 is 0. The second-order valence-corrected chi connectivity index (χ2v) is 7.66. The van der Waals surface area contributed by atoms with Gasteiger partial charge in [-0.3, -0.25) is 0 Å². The Kier molecular flexibility index (Phi) is 14.0. The standard InChI is InChI=1S/2C14H11.2CH3.2ClH.H2Si.Ti/c2*1-10-5-4-8-13-12-7-3-2-6-11(12)9-14(10)13;;;;;;/h2*2-4,6-8H,9H2,1H3;2*1H3;2*1H;1H2;/q4*-1;;;;. The van der Waals surface area contributed by atoms with Crippen molar-refractivity contribution in [1.82, 2.24) is 0 Å². The van der Waals surface area contributed by atoms with E-state index in [1.807, 2.05) is 38.9 Å². The van der Waals surface area contributed by atoms with Gasteiger partial charge in [0.15, 0.2) is 0 Å². The van der Waals surface area contributed by atoms with Crippen molar-refractivity contribution < 1.29 is 19.2 Å². The first kappa shape index (κ1) is 32.4. The van der Waals surface area contributed by atoms with Crippen molar-refractivity contribution in [3.8, 4) is 22.3 Å². The summed E-state index contributed by atoms with van der Waals surface area (Å²) in [6.45, 7) is 4.29. The predicted molar refractivity (Wildman–Crippen MR) is 152 cm³/mol. The van der Waals surface area contributed by atoms with Gasteiger partial charge >= 0.3 is 26.8 Å². The Balaban J connectivity index is 0.000000538. The topological polar surface area (TPSA) is 0 Å². The molecule has 0 spiro atoms. The molecule has 0 saturated carbocycles. The van der Waals surface area contributed by atoms with E-state index in [2.05, 4.69) is 86.6 Å². The van der Waals surface area contributed by atoms with Crippen LogP contribution in [-0.4, -0.2) is 7.63 Å². The van der Waals surface area contributed by atoms with Gasteiger partial charge in [0, 0.05) is 0 Å². The Morgan fingerprint density at radius 1 is 0.588 bits per heavy atom. The first-order valence-corrected chi connectivity index (χ1v) is 14.3. The Morgan fingerprint density at radius 3 is 1.32 bits per heavy atom. The van der Waals surface area contributed by atoms with E-state index in [0.717, 1.165) is 12.8 Å². The van der Waals surface area contributed by atoms with Crippen LogP contribution in [0.4, 0.5) is 0 Å². The Labute approximate surface area is 232 Å². The van der Waals surface area contributed by atoms with Crippen LogP contribution >= 0.6 is 24.8 Å². The Bertz CT molecular complexity index is 1130. The molecule has 0 aliphatic heterocycles. The van der Waals surface area contributed by atoms with E-state index in [1.165, 1.54) is 55.6 Å². The second-order valence-electron chi connectivity index (χ2n) is 7.66. The molecule has 0 unspecified atom stereocenters. The molecule has 0 amide bonds. The van der Waals surface area contributed by atoms with Crippen LogP contribution in [0, 0.1) is 40.8 Å². The van der Waals surface area contributed by atoms with Gasteiger partial charge in [-0.15, -0.1) is 47.1 Å². The number of hydrogen-bond acceptors (Lipinski definition) is 0. The molecule has 6 rings (SSSR count). The summed E-state index contributed by atoms with van der Waals surface area (Å²) in [7, 11) is 1.86. The van der Waals surface area contributed by atoms with Crippen LogP contribution in [0.1, 0.15) is 33.4 Å². The molecule has 0 radical (unpaired) electrons. The van der Waals surface area contributed by atoms with Gasteiger partial charge in [-0.1, -0.05) is 62.4 Å². The summed E-state index contributed by atoms with van der Waals surface area (Å²) in [6.07, 6.45) is 2.16. The van der Waals surface area contributed by atoms with Crippen LogP contribution in [0.5, 0.6) is 0 Å². The van der Waals surface area contributed by atoms with E-state index in [1.54, 1.807) is 0 Å². The summed E-state index contributed by atoms with van der Waals surface area (Å²) >= 11 is 2.03. The molecular weight excluding hydrogens is 507 g/mol. The average molecular weight is 539 g/mol. The van der Waals surface area contributed by atoms with Crippen LogP contribution in [0.2, 0.25) is 0 Å². The normalized spacial score (nSPS) is 10.3. The third-order valence-electron chi connectivity index (χ3n) is 6.00. The van der Waals surface area contributed by atoms with Gasteiger partial charge in [0.2, 0.25) is 0 Å². The van der Waals surface area contributed by atoms with Crippen molar-refractivity contribution >= 4 is 32.4 Å². The van der Waals surface area contributed by atoms with Crippen LogP contribution in [0.15, 0.2) is 72.8 Å². The monoisotopic (exact) mass is 538 g/mol. The molecular formula is C30H32Cl2SiTi-4. The van der Waals surface area contributed by atoms with Crippen molar-refractivity contribution in [3.63, 3.8) is 0 Å². The third kappa shape index (κ3) is 6.33. The van der Waals surface area contributed by atoms with Gasteiger partial charge in [0.05, 0.1) is 0 Å². The molecule has 2 aliphatic carbocycles. The Morgan fingerprint density at radius 2 is 0.941 bits per heavy atom. The molecule has 0 saturated heterocycles. The average Bonchev–Trinajstić information content (AvgIpc) is 3.36. The number of halogens is 2. The van der Waals surface area contributed by atoms with E-state index in [9.17, 15) is 0 Å². The zero-order valence-electron chi connectivity index (χ0n) is 20.4. The van der Waals surface area contributed by atoms with Gasteiger partial charge in [0.25, 0.3) is 0 Å². The van der Waals surface area contributed by atoms with Gasteiger partial charge in [-0.25, -0.2) is 0 Å². The zero-order valence-corrected chi connectivity index (χ0v) is 25.0. The van der Waals surface area contributed by atoms with Crippen LogP contribution in [-0.2, 0) is 32.0 Å². The summed E-state index contributed by atoms with van der Waals surface area (Å²) in [4.78, 5) is 0. The molecule has 0 heterocycles. The minimum absolute atomic E-state index is 0. The van der Waals surface area contributed by atoms with E-state index < -0.39 is 0 Å². The summed E-state index contributed by atoms with van der Waals surface area (Å²) in [5.41, 5.74) is 14.0. The van der Waals surface area contributed by atoms with Crippen molar-refractivity contribution in [2.75, 3.05) is 0 Å². The summed E-state index contributed by atoms with van der Waals surface area (Å²) in [5.74, 6) is 0. The van der Waals surface area contributed by atoms with E-state index in [0.29, 0.717) is 0 Å². The van der Waals surface area contributed by atoms with E-state index in [4.69, 9.17) is 0 Å². The molecule has 0 atom stereocenters. The molecule has 0 bridgehead atoms. The number of hydrogen-bond donors (Lipinski definition) is 0. The summed E-state index contributed by atoms with van der Waals surface area (Å²) in [6, 6.07) is 32.2. The molecule has 4 aromatic rings. The van der Waals surface area contributed by atoms with E-state index in [-0.39, 0.29) is 39.7 Å². The van der Waals surface area contributed by atoms with Crippen molar-refractivity contribution in [1.29, 1.82) is 0 Å². The molecule has 178 valence electrons. The maximum atomic E-state index is 3.27. The number of fused-ring (bicyclic) bond motifs is 6. The van der Waals surface area contributed by atoms with Gasteiger partial charge in [-0.2, -0.15) is 47.5 Å². The van der Waals surface area contributed by atoms with Gasteiger partial charge in [-0.05, 0) is 35.1 Å². The van der Waals surface area contributed by atoms with Crippen LogP contribution < -0.4 is 0 Å². The SMILES string of the molecule is Cc1[c-]ccc2c1Cc1ccccc1-2.Cc1[c-]ccc2c1Cc1ccccc1-2.Cl.Cl.[CH3-].[CH3-].[SiH2]=[Ti]. The number of aryl methyl sites for hydroxylation is 2. The molecule has 0 nitrogen and oxygen atoms in total. The first-order chi connectivity index (χ1) is 14.7. The van der Waals surface area contributed by atoms with Gasteiger partial charge < -0.3 is 14.9 Å². The summed E-state index contributed by atoms with van der Waals surface area (Å²) in [5, 5.41) is 0. The molecule has 2 aliphatic rings. The predicted octanol–water partition coefficient (Wildman–Crippen LogP) is 7.56. The van der Waals surface area contributed by atoms with Gasteiger partial charge in [0.1, 0.15) is 0 Å². The fraction of sp³-hybridized carbons (Fsp3) is 0.133. The Hall–Kier alpha value is -1.61. The fourth-order valence-electron chi connectivity index (χ4n) is 4.50. The molecule has 0 aromatic heterocycles. The molecule has 0 fully saturated rings. The zero-order chi connectivity index (χ0) is 21.1. The van der Waals surface area contributed by atoms with Crippen LogP contribution in [0.25, 0.3) is 22.3 Å². The fourth-order valence-corrected chi connectivity index (χ4v) is 4.50. The second kappa shape index (κ2) is 14.7. The quantitative estimate of drug-likeness (QED) is 0.138. The first-order valence-electron chi connectivity index (χ1n) is 10.2. The molecule has 4 aromatic carbocycles. The molecule has 0 N–H and O–H groups in total. The third-order valence-corrected chi connectivity index (χ3v) is 6.00. The molecule has 34 heavy (non-hydrogen) atoms.